The Bertz CT molecular complexity index is 989. The van der Waals surface area contributed by atoms with E-state index in [-0.39, 0.29) is 5.91 Å². The van der Waals surface area contributed by atoms with Crippen LogP contribution < -0.4 is 14.4 Å². The van der Waals surface area contributed by atoms with Crippen molar-refractivity contribution in [1.29, 1.82) is 0 Å². The number of anilines is 1. The van der Waals surface area contributed by atoms with Gasteiger partial charge in [0.1, 0.15) is 11.8 Å². The number of carbonyl (C=O) groups excluding carboxylic acids is 1. The molecule has 2 aromatic carbocycles. The van der Waals surface area contributed by atoms with E-state index in [1.807, 2.05) is 64.1 Å². The number of hydrogen-bond acceptors (Lipinski definition) is 4. The highest BCUT2D eigenvalue weighted by molar-refractivity contribution is 7.92. The molecule has 170 valence electrons. The van der Waals surface area contributed by atoms with Crippen molar-refractivity contribution in [3.05, 3.63) is 59.2 Å². The third-order valence-electron chi connectivity index (χ3n) is 5.27. The fourth-order valence-electron chi connectivity index (χ4n) is 3.54. The molecule has 0 saturated heterocycles. The van der Waals surface area contributed by atoms with E-state index in [2.05, 4.69) is 5.32 Å². The molecular formula is C24H34N2O4S. The van der Waals surface area contributed by atoms with Gasteiger partial charge in [0.05, 0.1) is 18.6 Å². The van der Waals surface area contributed by atoms with Gasteiger partial charge < -0.3 is 10.1 Å². The third kappa shape index (κ3) is 6.72. The van der Waals surface area contributed by atoms with E-state index in [1.54, 1.807) is 6.07 Å². The van der Waals surface area contributed by atoms with E-state index in [9.17, 15) is 13.2 Å². The van der Waals surface area contributed by atoms with Gasteiger partial charge in [-0.05, 0) is 74.9 Å². The fraction of sp³-hybridized carbons (Fsp3) is 0.458. The average Bonchev–Trinajstić information content (AvgIpc) is 2.71. The molecule has 2 rings (SSSR count). The Morgan fingerprint density at radius 3 is 2.42 bits per heavy atom. The number of sulfonamides is 1. The van der Waals surface area contributed by atoms with Gasteiger partial charge in [-0.25, -0.2) is 8.42 Å². The molecule has 1 unspecified atom stereocenters. The van der Waals surface area contributed by atoms with Crippen molar-refractivity contribution in [3.63, 3.8) is 0 Å². The van der Waals surface area contributed by atoms with Crippen molar-refractivity contribution in [1.82, 2.24) is 5.32 Å². The largest absolute Gasteiger partial charge is 0.494 e. The van der Waals surface area contributed by atoms with Crippen LogP contribution in [-0.4, -0.2) is 39.8 Å². The summed E-state index contributed by atoms with van der Waals surface area (Å²) in [5, 5.41) is 2.92. The van der Waals surface area contributed by atoms with Crippen molar-refractivity contribution in [2.45, 2.75) is 53.0 Å². The molecule has 1 atom stereocenters. The first-order chi connectivity index (χ1) is 14.7. The predicted octanol–water partition coefficient (Wildman–Crippen LogP) is 4.00. The summed E-state index contributed by atoms with van der Waals surface area (Å²) in [6.45, 7) is 8.73. The second kappa shape index (κ2) is 11.2. The van der Waals surface area contributed by atoms with Gasteiger partial charge >= 0.3 is 0 Å². The van der Waals surface area contributed by atoms with Crippen molar-refractivity contribution in [2.24, 2.45) is 0 Å². The third-order valence-corrected chi connectivity index (χ3v) is 6.45. The normalized spacial score (nSPS) is 12.3. The van der Waals surface area contributed by atoms with Gasteiger partial charge in [0.25, 0.3) is 0 Å². The van der Waals surface area contributed by atoms with E-state index in [0.29, 0.717) is 25.3 Å². The molecule has 7 heteroatoms. The summed E-state index contributed by atoms with van der Waals surface area (Å²) < 4.78 is 32.0. The average molecular weight is 447 g/mol. The van der Waals surface area contributed by atoms with Gasteiger partial charge in [-0.3, -0.25) is 9.10 Å². The first-order valence-corrected chi connectivity index (χ1v) is 12.6. The van der Waals surface area contributed by atoms with Crippen molar-refractivity contribution in [3.8, 4) is 5.75 Å². The van der Waals surface area contributed by atoms with Crippen LogP contribution in [0.3, 0.4) is 0 Å². The number of amides is 1. The Hall–Kier alpha value is -2.54. The van der Waals surface area contributed by atoms with Crippen molar-refractivity contribution in [2.75, 3.05) is 23.7 Å². The van der Waals surface area contributed by atoms with Crippen LogP contribution in [0, 0.1) is 13.8 Å². The van der Waals surface area contributed by atoms with Crippen molar-refractivity contribution >= 4 is 21.6 Å². The number of nitrogens with one attached hydrogen (secondary N) is 1. The van der Waals surface area contributed by atoms with Crippen LogP contribution in [0.1, 0.15) is 43.4 Å². The fourth-order valence-corrected chi connectivity index (χ4v) is 4.74. The topological polar surface area (TPSA) is 75.7 Å². The maximum atomic E-state index is 12.9. The van der Waals surface area contributed by atoms with Gasteiger partial charge in [-0.2, -0.15) is 0 Å². The van der Waals surface area contributed by atoms with Gasteiger partial charge in [-0.15, -0.1) is 0 Å². The second-order valence-corrected chi connectivity index (χ2v) is 9.55. The zero-order valence-electron chi connectivity index (χ0n) is 19.1. The lowest BCUT2D eigenvalue weighted by molar-refractivity contribution is -0.122. The molecule has 2 aromatic rings. The number of hydrogen-bond donors (Lipinski definition) is 1. The number of para-hydroxylation sites is 1. The van der Waals surface area contributed by atoms with Crippen LogP contribution in [-0.2, 0) is 21.2 Å². The maximum absolute atomic E-state index is 12.9. The lowest BCUT2D eigenvalue weighted by Gasteiger charge is -2.30. The highest BCUT2D eigenvalue weighted by Gasteiger charge is 2.31. The van der Waals surface area contributed by atoms with E-state index in [1.165, 1.54) is 4.31 Å². The van der Waals surface area contributed by atoms with Crippen molar-refractivity contribution < 1.29 is 17.9 Å². The van der Waals surface area contributed by atoms with Crippen LogP contribution in [0.4, 0.5) is 5.69 Å². The Morgan fingerprint density at radius 2 is 1.81 bits per heavy atom. The molecule has 0 spiro atoms. The SMILES string of the molecule is CCOc1ccccc1CCCNC(=O)C(CC)N(c1ccc(C)c(C)c1)S(C)(=O)=O. The summed E-state index contributed by atoms with van der Waals surface area (Å²) in [7, 11) is -3.63. The Kier molecular flexibility index (Phi) is 8.92. The Morgan fingerprint density at radius 1 is 1.10 bits per heavy atom. The zero-order chi connectivity index (χ0) is 23.0. The summed E-state index contributed by atoms with van der Waals surface area (Å²) in [6, 6.07) is 12.5. The first kappa shape index (κ1) is 24.7. The molecule has 1 amide bonds. The monoisotopic (exact) mass is 446 g/mol. The maximum Gasteiger partial charge on any atom is 0.243 e. The number of ether oxygens (including phenoxy) is 1. The number of aryl methyl sites for hydroxylation is 3. The molecule has 0 saturated carbocycles. The molecule has 0 aromatic heterocycles. The molecule has 0 fully saturated rings. The number of benzene rings is 2. The molecular weight excluding hydrogens is 412 g/mol. The molecule has 0 bridgehead atoms. The Labute approximate surface area is 186 Å². The quantitative estimate of drug-likeness (QED) is 0.530. The standard InChI is InChI=1S/C24H34N2O4S/c1-6-22(26(31(5,28)29)21-15-14-18(3)19(4)17-21)24(27)25-16-10-12-20-11-8-9-13-23(20)30-7-2/h8-9,11,13-15,17,22H,6-7,10,12,16H2,1-5H3,(H,25,27). The van der Waals surface area contributed by atoms with Crippen LogP contribution in [0.5, 0.6) is 5.75 Å². The van der Waals surface area contributed by atoms with E-state index >= 15 is 0 Å². The predicted molar refractivity (Wildman–Crippen MR) is 126 cm³/mol. The molecule has 0 radical (unpaired) electrons. The van der Waals surface area contributed by atoms with Crippen LogP contribution in [0.2, 0.25) is 0 Å². The number of nitrogens with zero attached hydrogens (tertiary/aromatic N) is 1. The van der Waals surface area contributed by atoms with Gasteiger partial charge in [0, 0.05) is 6.54 Å². The van der Waals surface area contributed by atoms with Crippen LogP contribution in [0.15, 0.2) is 42.5 Å². The van der Waals surface area contributed by atoms with Crippen LogP contribution in [0.25, 0.3) is 0 Å². The molecule has 1 N–H and O–H groups in total. The Balaban J connectivity index is 2.08. The summed E-state index contributed by atoms with van der Waals surface area (Å²) in [5.41, 5.74) is 3.66. The summed E-state index contributed by atoms with van der Waals surface area (Å²) >= 11 is 0. The minimum atomic E-state index is -3.63. The smallest absolute Gasteiger partial charge is 0.243 e. The molecule has 0 aliphatic carbocycles. The lowest BCUT2D eigenvalue weighted by Crippen LogP contribution is -2.49. The molecule has 6 nitrogen and oxygen atoms in total. The minimum Gasteiger partial charge on any atom is -0.494 e. The number of rotatable bonds is 11. The molecule has 0 heterocycles. The van der Waals surface area contributed by atoms with Crippen LogP contribution >= 0.6 is 0 Å². The van der Waals surface area contributed by atoms with E-state index < -0.39 is 16.1 Å². The van der Waals surface area contributed by atoms with Gasteiger partial charge in [0.2, 0.25) is 15.9 Å². The zero-order valence-corrected chi connectivity index (χ0v) is 20.0. The number of carbonyl (C=O) groups is 1. The molecule has 0 aliphatic rings. The molecule has 31 heavy (non-hydrogen) atoms. The highest BCUT2D eigenvalue weighted by atomic mass is 32.2. The summed E-state index contributed by atoms with van der Waals surface area (Å²) in [6.07, 6.45) is 3.01. The first-order valence-electron chi connectivity index (χ1n) is 10.7. The lowest BCUT2D eigenvalue weighted by atomic mass is 10.1. The summed E-state index contributed by atoms with van der Waals surface area (Å²) in [4.78, 5) is 12.9. The van der Waals surface area contributed by atoms with E-state index in [4.69, 9.17) is 4.74 Å². The van der Waals surface area contributed by atoms with E-state index in [0.717, 1.165) is 41.5 Å². The summed E-state index contributed by atoms with van der Waals surface area (Å²) in [5.74, 6) is 0.574. The molecule has 0 aliphatic heterocycles. The van der Waals surface area contributed by atoms with Gasteiger partial charge in [-0.1, -0.05) is 31.2 Å². The highest BCUT2D eigenvalue weighted by Crippen LogP contribution is 2.25. The van der Waals surface area contributed by atoms with Gasteiger partial charge in [0.15, 0.2) is 0 Å². The second-order valence-electron chi connectivity index (χ2n) is 7.69. The minimum absolute atomic E-state index is 0.288.